The standard InChI is InChI=1S/C14H16O2/c15-13-10-5-14-4-9(11(10)6-16-13)12(14)7-1-2-8(14)3-7/h1-2,7-12H,3-6H2. The SMILES string of the molecule is O=C1OCC2C1CC13CC2C1C1C=CC3C1. The Morgan fingerprint density at radius 2 is 2.19 bits per heavy atom. The lowest BCUT2D eigenvalue weighted by atomic mass is 9.40. The molecular formula is C14H16O2. The minimum Gasteiger partial charge on any atom is -0.465 e. The highest BCUT2D eigenvalue weighted by Crippen LogP contribution is 2.76. The summed E-state index contributed by atoms with van der Waals surface area (Å²) in [6, 6.07) is 0. The van der Waals surface area contributed by atoms with E-state index < -0.39 is 0 Å². The molecule has 1 heterocycles. The van der Waals surface area contributed by atoms with E-state index >= 15 is 0 Å². The van der Waals surface area contributed by atoms with E-state index in [1.165, 1.54) is 12.8 Å². The molecule has 16 heavy (non-hydrogen) atoms. The van der Waals surface area contributed by atoms with Crippen molar-refractivity contribution in [2.75, 3.05) is 6.61 Å². The number of rotatable bonds is 0. The number of carbonyl (C=O) groups excluding carboxylic acids is 1. The molecule has 0 aromatic carbocycles. The van der Waals surface area contributed by atoms with Crippen LogP contribution in [0.25, 0.3) is 0 Å². The minimum absolute atomic E-state index is 0.110. The van der Waals surface area contributed by atoms with Crippen molar-refractivity contribution in [3.8, 4) is 0 Å². The van der Waals surface area contributed by atoms with Gasteiger partial charge in [0.25, 0.3) is 0 Å². The van der Waals surface area contributed by atoms with E-state index in [4.69, 9.17) is 4.74 Å². The Bertz CT molecular complexity index is 426. The molecule has 0 N–H and O–H groups in total. The summed E-state index contributed by atoms with van der Waals surface area (Å²) in [5.41, 5.74) is 0.536. The summed E-state index contributed by atoms with van der Waals surface area (Å²) in [4.78, 5) is 11.7. The molecule has 5 fully saturated rings. The number of cyclic esters (lactones) is 1. The maximum absolute atomic E-state index is 11.7. The number of hydrogen-bond donors (Lipinski definition) is 0. The molecule has 0 aromatic rings. The fourth-order valence-corrected chi connectivity index (χ4v) is 5.96. The molecule has 4 bridgehead atoms. The maximum Gasteiger partial charge on any atom is 0.309 e. The summed E-state index contributed by atoms with van der Waals surface area (Å²) in [6.45, 7) is 0.724. The quantitative estimate of drug-likeness (QED) is 0.457. The third kappa shape index (κ3) is 0.646. The first-order valence-corrected chi connectivity index (χ1v) is 6.64. The van der Waals surface area contributed by atoms with Gasteiger partial charge in [0.15, 0.2) is 0 Å². The first-order chi connectivity index (χ1) is 7.79. The van der Waals surface area contributed by atoms with Crippen LogP contribution in [0.3, 0.4) is 0 Å². The number of ether oxygens (including phenoxy) is 1. The fourth-order valence-electron chi connectivity index (χ4n) is 5.96. The smallest absolute Gasteiger partial charge is 0.309 e. The van der Waals surface area contributed by atoms with E-state index in [-0.39, 0.29) is 11.9 Å². The van der Waals surface area contributed by atoms with Gasteiger partial charge in [-0.05, 0) is 48.3 Å². The van der Waals surface area contributed by atoms with Crippen LogP contribution < -0.4 is 0 Å². The van der Waals surface area contributed by atoms with E-state index in [1.807, 2.05) is 0 Å². The van der Waals surface area contributed by atoms with Crippen LogP contribution in [-0.4, -0.2) is 12.6 Å². The Labute approximate surface area is 95.0 Å². The lowest BCUT2D eigenvalue weighted by molar-refractivity contribution is -0.161. The maximum atomic E-state index is 11.7. The molecule has 84 valence electrons. The first-order valence-electron chi connectivity index (χ1n) is 6.64. The van der Waals surface area contributed by atoms with Crippen LogP contribution >= 0.6 is 0 Å². The second kappa shape index (κ2) is 2.25. The molecule has 7 atom stereocenters. The van der Waals surface area contributed by atoms with Gasteiger partial charge in [-0.15, -0.1) is 0 Å². The summed E-state index contributed by atoms with van der Waals surface area (Å²) < 4.78 is 5.29. The van der Waals surface area contributed by atoms with Gasteiger partial charge in [0.05, 0.1) is 12.5 Å². The van der Waals surface area contributed by atoms with Crippen molar-refractivity contribution >= 4 is 5.97 Å². The predicted octanol–water partition coefficient (Wildman–Crippen LogP) is 2.01. The Morgan fingerprint density at radius 1 is 1.25 bits per heavy atom. The zero-order chi connectivity index (χ0) is 10.5. The second-order valence-electron chi connectivity index (χ2n) is 6.62. The average molecular weight is 216 g/mol. The van der Waals surface area contributed by atoms with Crippen LogP contribution in [0.2, 0.25) is 0 Å². The second-order valence-corrected chi connectivity index (χ2v) is 6.62. The molecule has 1 saturated heterocycles. The van der Waals surface area contributed by atoms with Crippen molar-refractivity contribution in [2.24, 2.45) is 40.9 Å². The summed E-state index contributed by atoms with van der Waals surface area (Å²) in [6.07, 6.45) is 8.81. The highest BCUT2D eigenvalue weighted by molar-refractivity contribution is 5.75. The van der Waals surface area contributed by atoms with Crippen LogP contribution in [0, 0.1) is 40.9 Å². The van der Waals surface area contributed by atoms with E-state index in [0.717, 1.165) is 36.7 Å². The Kier molecular flexibility index (Phi) is 1.17. The summed E-state index contributed by atoms with van der Waals surface area (Å²) in [7, 11) is 0. The molecule has 1 aliphatic heterocycles. The van der Waals surface area contributed by atoms with Crippen LogP contribution in [0.1, 0.15) is 19.3 Å². The average Bonchev–Trinajstić information content (AvgIpc) is 2.90. The molecule has 0 amide bonds. The normalized spacial score (nSPS) is 63.9. The first kappa shape index (κ1) is 8.32. The van der Waals surface area contributed by atoms with Crippen LogP contribution in [0.4, 0.5) is 0 Å². The number of allylic oxidation sites excluding steroid dienone is 2. The van der Waals surface area contributed by atoms with Crippen LogP contribution in [-0.2, 0) is 9.53 Å². The molecule has 5 aliphatic carbocycles. The van der Waals surface area contributed by atoms with Crippen molar-refractivity contribution < 1.29 is 9.53 Å². The van der Waals surface area contributed by atoms with Gasteiger partial charge < -0.3 is 4.74 Å². The number of hydrogen-bond acceptors (Lipinski definition) is 2. The number of fused-ring (bicyclic) bond motifs is 2. The summed E-state index contributed by atoms with van der Waals surface area (Å²) in [5, 5.41) is 0. The largest absolute Gasteiger partial charge is 0.465 e. The monoisotopic (exact) mass is 216 g/mol. The Morgan fingerprint density at radius 3 is 3.12 bits per heavy atom. The molecule has 6 rings (SSSR count). The van der Waals surface area contributed by atoms with Crippen LogP contribution in [0.5, 0.6) is 0 Å². The molecule has 0 aromatic heterocycles. The third-order valence-corrected chi connectivity index (χ3v) is 6.44. The van der Waals surface area contributed by atoms with E-state index in [2.05, 4.69) is 12.2 Å². The van der Waals surface area contributed by atoms with Crippen LogP contribution in [0.15, 0.2) is 12.2 Å². The van der Waals surface area contributed by atoms with Crippen molar-refractivity contribution in [1.29, 1.82) is 0 Å². The van der Waals surface area contributed by atoms with Gasteiger partial charge in [0.1, 0.15) is 0 Å². The predicted molar refractivity (Wildman–Crippen MR) is 57.3 cm³/mol. The molecule has 2 heteroatoms. The van der Waals surface area contributed by atoms with E-state index in [0.29, 0.717) is 11.3 Å². The molecular weight excluding hydrogens is 200 g/mol. The molecule has 6 aliphatic rings. The molecule has 2 nitrogen and oxygen atoms in total. The summed E-state index contributed by atoms with van der Waals surface area (Å²) in [5.74, 6) is 4.33. The third-order valence-electron chi connectivity index (χ3n) is 6.44. The highest BCUT2D eigenvalue weighted by atomic mass is 16.5. The van der Waals surface area contributed by atoms with Crippen molar-refractivity contribution in [1.82, 2.24) is 0 Å². The minimum atomic E-state index is 0.110. The molecule has 4 saturated carbocycles. The van der Waals surface area contributed by atoms with Gasteiger partial charge in [0, 0.05) is 5.92 Å². The zero-order valence-corrected chi connectivity index (χ0v) is 9.26. The lowest BCUT2D eigenvalue weighted by Gasteiger charge is -2.63. The zero-order valence-electron chi connectivity index (χ0n) is 9.26. The lowest BCUT2D eigenvalue weighted by Crippen LogP contribution is -2.59. The van der Waals surface area contributed by atoms with Gasteiger partial charge >= 0.3 is 5.97 Å². The van der Waals surface area contributed by atoms with Gasteiger partial charge in [0.2, 0.25) is 0 Å². The van der Waals surface area contributed by atoms with E-state index in [9.17, 15) is 4.79 Å². The highest BCUT2D eigenvalue weighted by Gasteiger charge is 2.72. The Hall–Kier alpha value is -0.790. The number of carbonyl (C=O) groups is 1. The van der Waals surface area contributed by atoms with Gasteiger partial charge in [-0.3, -0.25) is 4.79 Å². The van der Waals surface area contributed by atoms with Crippen molar-refractivity contribution in [2.45, 2.75) is 19.3 Å². The molecule has 7 unspecified atom stereocenters. The molecule has 1 spiro atoms. The van der Waals surface area contributed by atoms with Gasteiger partial charge in [-0.2, -0.15) is 0 Å². The van der Waals surface area contributed by atoms with E-state index in [1.54, 1.807) is 0 Å². The summed E-state index contributed by atoms with van der Waals surface area (Å²) >= 11 is 0. The van der Waals surface area contributed by atoms with Crippen molar-refractivity contribution in [3.05, 3.63) is 12.2 Å². The topological polar surface area (TPSA) is 26.3 Å². The fraction of sp³-hybridized carbons (Fsp3) is 0.786. The Balaban J connectivity index is 1.62. The van der Waals surface area contributed by atoms with Crippen molar-refractivity contribution in [3.63, 3.8) is 0 Å². The van der Waals surface area contributed by atoms with Gasteiger partial charge in [-0.25, -0.2) is 0 Å². The van der Waals surface area contributed by atoms with Gasteiger partial charge in [-0.1, -0.05) is 12.2 Å². The number of esters is 1. The molecule has 0 radical (unpaired) electrons.